The average Bonchev–Trinajstić information content (AvgIpc) is 2.40. The Hall–Kier alpha value is -1.65. The van der Waals surface area contributed by atoms with Gasteiger partial charge in [0.1, 0.15) is 5.75 Å². The minimum atomic E-state index is -1.76. The van der Waals surface area contributed by atoms with Crippen LogP contribution in [-0.2, 0) is 15.5 Å². The van der Waals surface area contributed by atoms with Crippen LogP contribution in [0.3, 0.4) is 0 Å². The monoisotopic (exact) mass is 262 g/mol. The smallest absolute Gasteiger partial charge is 0.360 e. The molecule has 0 spiro atoms. The molecular formula is C14H14O3S. The summed E-state index contributed by atoms with van der Waals surface area (Å²) in [7, 11) is 0. The quantitative estimate of drug-likeness (QED) is 0.829. The summed E-state index contributed by atoms with van der Waals surface area (Å²) in [5, 5.41) is 0. The molecule has 0 N–H and O–H groups in total. The third kappa shape index (κ3) is 3.18. The molecule has 0 aromatic heterocycles. The molecule has 0 aliphatic carbocycles. The van der Waals surface area contributed by atoms with E-state index in [0.29, 0.717) is 12.4 Å². The van der Waals surface area contributed by atoms with E-state index in [1.54, 1.807) is 13.0 Å². The van der Waals surface area contributed by atoms with Gasteiger partial charge in [0.05, 0.1) is 6.61 Å². The van der Waals surface area contributed by atoms with Crippen molar-refractivity contribution in [2.75, 3.05) is 6.61 Å². The number of rotatable bonds is 5. The van der Waals surface area contributed by atoms with Crippen molar-refractivity contribution < 1.29 is 12.6 Å². The molecule has 1 atom stereocenters. The number of benzene rings is 2. The summed E-state index contributed by atoms with van der Waals surface area (Å²) in [5.74, 6) is 0.551. The van der Waals surface area contributed by atoms with Crippen molar-refractivity contribution in [2.24, 2.45) is 0 Å². The highest BCUT2D eigenvalue weighted by molar-refractivity contribution is 7.75. The van der Waals surface area contributed by atoms with Gasteiger partial charge in [-0.15, -0.1) is 0 Å². The molecule has 4 heteroatoms. The first-order chi connectivity index (χ1) is 8.81. The van der Waals surface area contributed by atoms with Gasteiger partial charge >= 0.3 is 11.4 Å². The predicted octanol–water partition coefficient (Wildman–Crippen LogP) is 3.35. The number of para-hydroxylation sites is 1. The van der Waals surface area contributed by atoms with Gasteiger partial charge in [0.2, 0.25) is 0 Å². The van der Waals surface area contributed by atoms with Crippen molar-refractivity contribution in [3.05, 3.63) is 54.6 Å². The van der Waals surface area contributed by atoms with Crippen LogP contribution >= 0.6 is 0 Å². The molecule has 94 valence electrons. The highest BCUT2D eigenvalue weighted by Gasteiger charge is 2.09. The Balaban J connectivity index is 2.29. The van der Waals surface area contributed by atoms with Crippen LogP contribution in [0.4, 0.5) is 0 Å². The Labute approximate surface area is 109 Å². The standard InChI is InChI=1S/C14H14O3S/c1-2-16-18(15)17-14-11-7-6-10-13(14)12-8-4-3-5-9-12/h3-11H,2H2,1H3. The average molecular weight is 262 g/mol. The molecule has 0 saturated carbocycles. The normalized spacial score (nSPS) is 12.1. The van der Waals surface area contributed by atoms with Gasteiger partial charge in [-0.2, -0.15) is 4.21 Å². The second-order valence-corrected chi connectivity index (χ2v) is 4.37. The van der Waals surface area contributed by atoms with Crippen LogP contribution in [0.1, 0.15) is 6.92 Å². The second kappa shape index (κ2) is 6.33. The van der Waals surface area contributed by atoms with Crippen LogP contribution in [0, 0.1) is 0 Å². The maximum Gasteiger partial charge on any atom is 0.360 e. The molecular weight excluding hydrogens is 248 g/mol. The Bertz CT molecular complexity index is 526. The van der Waals surface area contributed by atoms with Crippen molar-refractivity contribution >= 4 is 11.4 Å². The molecule has 18 heavy (non-hydrogen) atoms. The van der Waals surface area contributed by atoms with Crippen molar-refractivity contribution in [1.29, 1.82) is 0 Å². The topological polar surface area (TPSA) is 35.5 Å². The van der Waals surface area contributed by atoms with E-state index >= 15 is 0 Å². The van der Waals surface area contributed by atoms with Crippen LogP contribution in [0.15, 0.2) is 54.6 Å². The largest absolute Gasteiger partial charge is 0.379 e. The molecule has 0 amide bonds. The van der Waals surface area contributed by atoms with Crippen molar-refractivity contribution in [3.8, 4) is 16.9 Å². The van der Waals surface area contributed by atoms with Gasteiger partial charge in [0.25, 0.3) is 0 Å². The van der Waals surface area contributed by atoms with E-state index in [2.05, 4.69) is 0 Å². The number of hydrogen-bond donors (Lipinski definition) is 0. The third-order valence-corrected chi connectivity index (χ3v) is 3.09. The highest BCUT2D eigenvalue weighted by atomic mass is 32.2. The summed E-state index contributed by atoms with van der Waals surface area (Å²) in [4.78, 5) is 0. The van der Waals surface area contributed by atoms with Crippen molar-refractivity contribution in [2.45, 2.75) is 6.92 Å². The minimum Gasteiger partial charge on any atom is -0.379 e. The molecule has 0 radical (unpaired) electrons. The van der Waals surface area contributed by atoms with E-state index in [9.17, 15) is 4.21 Å². The molecule has 0 aliphatic heterocycles. The van der Waals surface area contributed by atoms with E-state index in [4.69, 9.17) is 8.37 Å². The van der Waals surface area contributed by atoms with Gasteiger partial charge in [0, 0.05) is 5.56 Å². The van der Waals surface area contributed by atoms with Gasteiger partial charge in [0.15, 0.2) is 0 Å². The first kappa shape index (κ1) is 12.8. The zero-order valence-electron chi connectivity index (χ0n) is 10.0. The van der Waals surface area contributed by atoms with Crippen LogP contribution in [-0.4, -0.2) is 10.8 Å². The molecule has 1 unspecified atom stereocenters. The van der Waals surface area contributed by atoms with Crippen molar-refractivity contribution in [3.63, 3.8) is 0 Å². The molecule has 0 heterocycles. The molecule has 2 rings (SSSR count). The second-order valence-electron chi connectivity index (χ2n) is 3.56. The highest BCUT2D eigenvalue weighted by Crippen LogP contribution is 2.30. The number of hydrogen-bond acceptors (Lipinski definition) is 3. The molecule has 3 nitrogen and oxygen atoms in total. The lowest BCUT2D eigenvalue weighted by atomic mass is 10.1. The molecule has 2 aromatic carbocycles. The third-order valence-electron chi connectivity index (χ3n) is 2.34. The van der Waals surface area contributed by atoms with Crippen molar-refractivity contribution in [1.82, 2.24) is 0 Å². The zero-order chi connectivity index (χ0) is 12.8. The van der Waals surface area contributed by atoms with Gasteiger partial charge < -0.3 is 4.18 Å². The molecule has 0 fully saturated rings. The first-order valence-corrected chi connectivity index (χ1v) is 6.69. The molecule has 0 aliphatic rings. The summed E-state index contributed by atoms with van der Waals surface area (Å²) >= 11 is -1.76. The van der Waals surface area contributed by atoms with Crippen LogP contribution < -0.4 is 4.18 Å². The van der Waals surface area contributed by atoms with E-state index < -0.39 is 11.4 Å². The van der Waals surface area contributed by atoms with E-state index in [1.807, 2.05) is 48.5 Å². The fraction of sp³-hybridized carbons (Fsp3) is 0.143. The summed E-state index contributed by atoms with van der Waals surface area (Å²) in [6.07, 6.45) is 0. The van der Waals surface area contributed by atoms with E-state index in [1.165, 1.54) is 0 Å². The maximum absolute atomic E-state index is 11.5. The summed E-state index contributed by atoms with van der Waals surface area (Å²) in [6, 6.07) is 17.3. The summed E-state index contributed by atoms with van der Waals surface area (Å²) in [5.41, 5.74) is 1.91. The van der Waals surface area contributed by atoms with Gasteiger partial charge in [-0.25, -0.2) is 0 Å². The van der Waals surface area contributed by atoms with E-state index in [-0.39, 0.29) is 0 Å². The lowest BCUT2D eigenvalue weighted by Gasteiger charge is -2.09. The molecule has 0 bridgehead atoms. The van der Waals surface area contributed by atoms with Crippen LogP contribution in [0.5, 0.6) is 5.75 Å². The van der Waals surface area contributed by atoms with Gasteiger partial charge in [-0.1, -0.05) is 48.5 Å². The molecule has 0 saturated heterocycles. The maximum atomic E-state index is 11.5. The lowest BCUT2D eigenvalue weighted by Crippen LogP contribution is -2.05. The zero-order valence-corrected chi connectivity index (χ0v) is 10.9. The van der Waals surface area contributed by atoms with Gasteiger partial charge in [-0.3, -0.25) is 4.18 Å². The molecule has 2 aromatic rings. The SMILES string of the molecule is CCOS(=O)Oc1ccccc1-c1ccccc1. The lowest BCUT2D eigenvalue weighted by molar-refractivity contribution is 0.329. The van der Waals surface area contributed by atoms with Gasteiger partial charge in [-0.05, 0) is 18.6 Å². The Morgan fingerprint density at radius 2 is 1.67 bits per heavy atom. The Morgan fingerprint density at radius 1 is 1.00 bits per heavy atom. The first-order valence-electron chi connectivity index (χ1n) is 5.69. The Morgan fingerprint density at radius 3 is 2.39 bits per heavy atom. The van der Waals surface area contributed by atoms with E-state index in [0.717, 1.165) is 11.1 Å². The van der Waals surface area contributed by atoms with Crippen LogP contribution in [0.2, 0.25) is 0 Å². The summed E-state index contributed by atoms with van der Waals surface area (Å²) < 4.78 is 21.6. The van der Waals surface area contributed by atoms with Crippen LogP contribution in [0.25, 0.3) is 11.1 Å². The minimum absolute atomic E-state index is 0.347. The predicted molar refractivity (Wildman–Crippen MR) is 72.3 cm³/mol. The Kier molecular flexibility index (Phi) is 4.50. The fourth-order valence-electron chi connectivity index (χ4n) is 1.59. The summed E-state index contributed by atoms with van der Waals surface area (Å²) in [6.45, 7) is 2.12. The fourth-order valence-corrected chi connectivity index (χ4v) is 2.12.